The van der Waals surface area contributed by atoms with Crippen LogP contribution in [0.25, 0.3) is 0 Å². The van der Waals surface area contributed by atoms with Crippen molar-refractivity contribution in [2.75, 3.05) is 11.5 Å². The topological polar surface area (TPSA) is 59.6 Å². The highest BCUT2D eigenvalue weighted by atomic mass is 32.2. The third-order valence-corrected chi connectivity index (χ3v) is 6.14. The summed E-state index contributed by atoms with van der Waals surface area (Å²) in [5.41, 5.74) is 1.23. The zero-order chi connectivity index (χ0) is 15.6. The van der Waals surface area contributed by atoms with Gasteiger partial charge in [0.2, 0.25) is 0 Å². The molecule has 0 bridgehead atoms. The smallest absolute Gasteiger partial charge is 0.165 e. The van der Waals surface area contributed by atoms with Crippen molar-refractivity contribution in [3.05, 3.63) is 47.7 Å². The first kappa shape index (κ1) is 15.4. The van der Waals surface area contributed by atoms with Crippen molar-refractivity contribution >= 4 is 27.8 Å². The number of benzene rings is 1. The van der Waals surface area contributed by atoms with Crippen LogP contribution in [-0.4, -0.2) is 32.2 Å². The number of nitrogens with zero attached hydrogens (tertiary/aromatic N) is 1. The zero-order valence-electron chi connectivity index (χ0n) is 12.2. The Morgan fingerprint density at radius 3 is 2.68 bits per heavy atom. The van der Waals surface area contributed by atoms with Gasteiger partial charge in [0.1, 0.15) is 5.76 Å². The average Bonchev–Trinajstić information content (AvgIpc) is 3.05. The van der Waals surface area contributed by atoms with Gasteiger partial charge in [-0.3, -0.25) is 4.99 Å². The number of hydrogen-bond donors (Lipinski definition) is 0. The zero-order valence-corrected chi connectivity index (χ0v) is 13.9. The standard InChI is InChI=1S/C16H17NO3S2/c1-12-2-5-15(6-3-12)21-16-7-4-14(20-16)10-17-13-8-9-22(18,19)11-13/h2-7,10,13H,8-9,11H2,1H3/t13-/m0/s1. The molecular weight excluding hydrogens is 318 g/mol. The lowest BCUT2D eigenvalue weighted by atomic mass is 10.2. The second kappa shape index (κ2) is 6.30. The number of hydrogen-bond acceptors (Lipinski definition) is 5. The van der Waals surface area contributed by atoms with Crippen molar-refractivity contribution < 1.29 is 12.8 Å². The summed E-state index contributed by atoms with van der Waals surface area (Å²) in [5, 5.41) is 0.796. The molecule has 2 aromatic rings. The molecule has 1 aliphatic rings. The maximum Gasteiger partial charge on any atom is 0.165 e. The summed E-state index contributed by atoms with van der Waals surface area (Å²) in [7, 11) is -2.89. The molecule has 0 saturated carbocycles. The molecule has 1 aliphatic heterocycles. The molecule has 1 atom stereocenters. The van der Waals surface area contributed by atoms with Crippen molar-refractivity contribution in [3.63, 3.8) is 0 Å². The predicted molar refractivity (Wildman–Crippen MR) is 88.7 cm³/mol. The van der Waals surface area contributed by atoms with E-state index in [0.717, 1.165) is 9.99 Å². The lowest BCUT2D eigenvalue weighted by molar-refractivity contribution is 0.468. The van der Waals surface area contributed by atoms with Gasteiger partial charge in [-0.2, -0.15) is 0 Å². The molecule has 1 aromatic heterocycles. The first-order chi connectivity index (χ1) is 10.5. The molecule has 0 unspecified atom stereocenters. The number of aliphatic imine (C=N–C) groups is 1. The molecule has 0 spiro atoms. The van der Waals surface area contributed by atoms with Gasteiger partial charge in [-0.1, -0.05) is 29.5 Å². The van der Waals surface area contributed by atoms with E-state index in [1.54, 1.807) is 18.0 Å². The molecule has 6 heteroatoms. The van der Waals surface area contributed by atoms with Gasteiger partial charge in [-0.15, -0.1) is 0 Å². The van der Waals surface area contributed by atoms with Crippen LogP contribution in [0.2, 0.25) is 0 Å². The molecule has 4 nitrogen and oxygen atoms in total. The summed E-state index contributed by atoms with van der Waals surface area (Å²) in [4.78, 5) is 5.43. The molecule has 116 valence electrons. The minimum atomic E-state index is -2.89. The summed E-state index contributed by atoms with van der Waals surface area (Å²) in [6.07, 6.45) is 2.23. The van der Waals surface area contributed by atoms with Gasteiger partial charge in [-0.05, 0) is 37.6 Å². The van der Waals surface area contributed by atoms with Crippen LogP contribution in [0.5, 0.6) is 0 Å². The molecule has 22 heavy (non-hydrogen) atoms. The van der Waals surface area contributed by atoms with Gasteiger partial charge in [0.15, 0.2) is 14.9 Å². The van der Waals surface area contributed by atoms with Crippen molar-refractivity contribution in [2.45, 2.75) is 29.4 Å². The van der Waals surface area contributed by atoms with Gasteiger partial charge in [0.05, 0.1) is 23.8 Å². The van der Waals surface area contributed by atoms with Gasteiger partial charge in [0.25, 0.3) is 0 Å². The summed E-state index contributed by atoms with van der Waals surface area (Å²) in [6.45, 7) is 2.05. The Morgan fingerprint density at radius 1 is 1.23 bits per heavy atom. The van der Waals surface area contributed by atoms with E-state index in [2.05, 4.69) is 36.2 Å². The van der Waals surface area contributed by atoms with E-state index >= 15 is 0 Å². The normalized spacial score (nSPS) is 20.7. The number of rotatable bonds is 4. The maximum atomic E-state index is 11.4. The summed E-state index contributed by atoms with van der Waals surface area (Å²) in [6, 6.07) is 11.9. The van der Waals surface area contributed by atoms with Crippen molar-refractivity contribution in [3.8, 4) is 0 Å². The fraction of sp³-hybridized carbons (Fsp3) is 0.312. The van der Waals surface area contributed by atoms with E-state index in [0.29, 0.717) is 12.2 Å². The monoisotopic (exact) mass is 335 g/mol. The quantitative estimate of drug-likeness (QED) is 0.804. The Bertz CT molecular complexity index is 776. The largest absolute Gasteiger partial charge is 0.449 e. The number of aryl methyl sites for hydroxylation is 1. The van der Waals surface area contributed by atoms with Crippen LogP contribution in [-0.2, 0) is 9.84 Å². The fourth-order valence-electron chi connectivity index (χ4n) is 2.25. The summed E-state index contributed by atoms with van der Waals surface area (Å²) in [5.74, 6) is 1.04. The molecule has 1 fully saturated rings. The lowest BCUT2D eigenvalue weighted by Gasteiger charge is -1.99. The summed E-state index contributed by atoms with van der Waals surface area (Å²) < 4.78 is 28.5. The van der Waals surface area contributed by atoms with E-state index in [4.69, 9.17) is 4.42 Å². The Kier molecular flexibility index (Phi) is 4.40. The Hall–Kier alpha value is -1.53. The first-order valence-corrected chi connectivity index (χ1v) is 9.72. The molecule has 0 aliphatic carbocycles. The van der Waals surface area contributed by atoms with E-state index in [9.17, 15) is 8.42 Å². The van der Waals surface area contributed by atoms with E-state index in [-0.39, 0.29) is 17.5 Å². The SMILES string of the molecule is Cc1ccc(Sc2ccc(C=N[C@H]3CCS(=O)(=O)C3)o2)cc1. The van der Waals surface area contributed by atoms with Crippen LogP contribution in [0, 0.1) is 6.92 Å². The molecule has 0 N–H and O–H groups in total. The Morgan fingerprint density at radius 2 is 2.00 bits per heavy atom. The van der Waals surface area contributed by atoms with Crippen LogP contribution in [0.15, 0.2) is 55.8 Å². The van der Waals surface area contributed by atoms with Gasteiger partial charge in [-0.25, -0.2) is 8.42 Å². The Labute approximate surface area is 134 Å². The van der Waals surface area contributed by atoms with Crippen LogP contribution in [0.3, 0.4) is 0 Å². The van der Waals surface area contributed by atoms with E-state index in [1.807, 2.05) is 12.1 Å². The average molecular weight is 335 g/mol. The number of sulfone groups is 1. The molecule has 2 heterocycles. The second-order valence-electron chi connectivity index (χ2n) is 5.41. The molecule has 0 radical (unpaired) electrons. The highest BCUT2D eigenvalue weighted by Gasteiger charge is 2.26. The Balaban J connectivity index is 1.63. The van der Waals surface area contributed by atoms with Crippen LogP contribution >= 0.6 is 11.8 Å². The summed E-state index contributed by atoms with van der Waals surface area (Å²) >= 11 is 1.55. The minimum Gasteiger partial charge on any atom is -0.449 e. The van der Waals surface area contributed by atoms with Gasteiger partial charge < -0.3 is 4.42 Å². The molecule has 1 aromatic carbocycles. The van der Waals surface area contributed by atoms with Gasteiger partial charge >= 0.3 is 0 Å². The number of furan rings is 1. The lowest BCUT2D eigenvalue weighted by Crippen LogP contribution is -2.07. The molecule has 3 rings (SSSR count). The van der Waals surface area contributed by atoms with Crippen LogP contribution < -0.4 is 0 Å². The van der Waals surface area contributed by atoms with Crippen molar-refractivity contribution in [1.82, 2.24) is 0 Å². The first-order valence-electron chi connectivity index (χ1n) is 7.08. The third-order valence-electron chi connectivity index (χ3n) is 3.46. The van der Waals surface area contributed by atoms with Gasteiger partial charge in [0, 0.05) is 4.90 Å². The third kappa shape index (κ3) is 4.01. The highest BCUT2D eigenvalue weighted by Crippen LogP contribution is 2.29. The second-order valence-corrected chi connectivity index (χ2v) is 8.71. The van der Waals surface area contributed by atoms with E-state index < -0.39 is 9.84 Å². The molecule has 1 saturated heterocycles. The predicted octanol–water partition coefficient (Wildman–Crippen LogP) is 3.35. The molecule has 0 amide bonds. The van der Waals surface area contributed by atoms with Crippen LogP contribution in [0.4, 0.5) is 0 Å². The van der Waals surface area contributed by atoms with Crippen molar-refractivity contribution in [2.24, 2.45) is 4.99 Å². The highest BCUT2D eigenvalue weighted by molar-refractivity contribution is 7.99. The van der Waals surface area contributed by atoms with Crippen molar-refractivity contribution in [1.29, 1.82) is 0 Å². The minimum absolute atomic E-state index is 0.136. The fourth-order valence-corrected chi connectivity index (χ4v) is 4.67. The molecular formula is C16H17NO3S2. The maximum absolute atomic E-state index is 11.4. The van der Waals surface area contributed by atoms with Crippen LogP contribution in [0.1, 0.15) is 17.7 Å². The van der Waals surface area contributed by atoms with E-state index in [1.165, 1.54) is 5.56 Å².